The molecule has 0 spiro atoms. The Balaban J connectivity index is 1.97. The van der Waals surface area contributed by atoms with Gasteiger partial charge in [0.25, 0.3) is 0 Å². The maximum Gasteiger partial charge on any atom is 0.125 e. The van der Waals surface area contributed by atoms with E-state index in [2.05, 4.69) is 50.4 Å². The maximum atomic E-state index is 6.03. The molecule has 0 saturated heterocycles. The van der Waals surface area contributed by atoms with Crippen LogP contribution >= 0.6 is 0 Å². The van der Waals surface area contributed by atoms with Crippen LogP contribution in [0.3, 0.4) is 0 Å². The fraction of sp³-hybridized carbons (Fsp3) is 0.400. The summed E-state index contributed by atoms with van der Waals surface area (Å²) in [6.07, 6.45) is 2.47. The lowest BCUT2D eigenvalue weighted by Crippen LogP contribution is -2.14. The van der Waals surface area contributed by atoms with Crippen molar-refractivity contribution in [3.8, 4) is 5.75 Å². The van der Waals surface area contributed by atoms with Gasteiger partial charge >= 0.3 is 0 Å². The highest BCUT2D eigenvalue weighted by Crippen LogP contribution is 2.25. The second-order valence-corrected chi connectivity index (χ2v) is 5.86. The molecule has 0 aliphatic carbocycles. The number of benzene rings is 2. The molecular weight excluding hydrogens is 270 g/mol. The van der Waals surface area contributed by atoms with Gasteiger partial charge in [-0.15, -0.1) is 0 Å². The van der Waals surface area contributed by atoms with Gasteiger partial charge in [-0.2, -0.15) is 0 Å². The molecular formula is C20H27NO. The van der Waals surface area contributed by atoms with Crippen molar-refractivity contribution in [2.24, 2.45) is 0 Å². The Bertz CT molecular complexity index is 555. The van der Waals surface area contributed by atoms with Crippen molar-refractivity contribution >= 4 is 0 Å². The van der Waals surface area contributed by atoms with E-state index in [0.717, 1.165) is 18.8 Å². The fourth-order valence-corrected chi connectivity index (χ4v) is 2.63. The molecule has 0 aliphatic rings. The first-order chi connectivity index (χ1) is 10.7. The second kappa shape index (κ2) is 8.60. The number of aryl methyl sites for hydroxylation is 2. The molecule has 0 heterocycles. The quantitative estimate of drug-likeness (QED) is 0.708. The number of unbranched alkanes of at least 4 members (excludes halogenated alkanes) is 1. The molecule has 2 aromatic carbocycles. The van der Waals surface area contributed by atoms with Crippen LogP contribution in [0.15, 0.2) is 42.5 Å². The van der Waals surface area contributed by atoms with Crippen molar-refractivity contribution in [1.82, 2.24) is 5.32 Å². The molecule has 2 nitrogen and oxygen atoms in total. The standard InChI is InChI=1S/C20H27NO/c1-4-5-11-21-14-19-12-16(2)20(17(3)13-19)22-15-18-9-7-6-8-10-18/h6-10,12-13,21H,4-5,11,14-15H2,1-3H3. The molecule has 1 N–H and O–H groups in total. The minimum absolute atomic E-state index is 0.622. The van der Waals surface area contributed by atoms with Crippen molar-refractivity contribution in [2.75, 3.05) is 6.54 Å². The van der Waals surface area contributed by atoms with E-state index >= 15 is 0 Å². The Morgan fingerprint density at radius 2 is 1.64 bits per heavy atom. The smallest absolute Gasteiger partial charge is 0.125 e. The Hall–Kier alpha value is -1.80. The van der Waals surface area contributed by atoms with Crippen molar-refractivity contribution in [3.63, 3.8) is 0 Å². The van der Waals surface area contributed by atoms with Crippen molar-refractivity contribution in [3.05, 3.63) is 64.7 Å². The Labute approximate surface area is 134 Å². The molecule has 0 fully saturated rings. The Kier molecular flexibility index (Phi) is 6.47. The summed E-state index contributed by atoms with van der Waals surface area (Å²) in [5, 5.41) is 3.49. The molecule has 2 aromatic rings. The molecule has 0 aliphatic heterocycles. The number of rotatable bonds is 8. The van der Waals surface area contributed by atoms with Gasteiger partial charge in [-0.3, -0.25) is 0 Å². The van der Waals surface area contributed by atoms with Crippen LogP contribution in [0.4, 0.5) is 0 Å². The van der Waals surface area contributed by atoms with Crippen molar-refractivity contribution in [1.29, 1.82) is 0 Å². The van der Waals surface area contributed by atoms with Gasteiger partial charge in [0.05, 0.1) is 0 Å². The topological polar surface area (TPSA) is 21.3 Å². The zero-order chi connectivity index (χ0) is 15.8. The predicted octanol–water partition coefficient (Wildman–Crippen LogP) is 4.77. The minimum atomic E-state index is 0.622. The first kappa shape index (κ1) is 16.6. The molecule has 0 aromatic heterocycles. The van der Waals surface area contributed by atoms with Crippen molar-refractivity contribution < 1.29 is 4.74 Å². The summed E-state index contributed by atoms with van der Waals surface area (Å²) in [5.41, 5.74) is 4.95. The van der Waals surface area contributed by atoms with Gasteiger partial charge in [-0.25, -0.2) is 0 Å². The monoisotopic (exact) mass is 297 g/mol. The SMILES string of the molecule is CCCCNCc1cc(C)c(OCc2ccccc2)c(C)c1. The molecule has 0 amide bonds. The van der Waals surface area contributed by atoms with Gasteiger partial charge in [0, 0.05) is 6.54 Å². The lowest BCUT2D eigenvalue weighted by molar-refractivity contribution is 0.302. The average Bonchev–Trinajstić information content (AvgIpc) is 2.52. The van der Waals surface area contributed by atoms with Gasteiger partial charge in [0.15, 0.2) is 0 Å². The summed E-state index contributed by atoms with van der Waals surface area (Å²) >= 11 is 0. The van der Waals surface area contributed by atoms with Crippen LogP contribution in [0.25, 0.3) is 0 Å². The van der Waals surface area contributed by atoms with E-state index in [0.29, 0.717) is 6.61 Å². The molecule has 2 rings (SSSR count). The van der Waals surface area contributed by atoms with E-state index in [-0.39, 0.29) is 0 Å². The molecule has 0 unspecified atom stereocenters. The third-order valence-electron chi connectivity index (χ3n) is 3.78. The number of nitrogens with one attached hydrogen (secondary N) is 1. The number of hydrogen-bond donors (Lipinski definition) is 1. The highest BCUT2D eigenvalue weighted by atomic mass is 16.5. The summed E-state index contributed by atoms with van der Waals surface area (Å²) in [6, 6.07) is 14.8. The van der Waals surface area contributed by atoms with Crippen LogP contribution < -0.4 is 10.1 Å². The van der Waals surface area contributed by atoms with Gasteiger partial charge < -0.3 is 10.1 Å². The first-order valence-electron chi connectivity index (χ1n) is 8.18. The fourth-order valence-electron chi connectivity index (χ4n) is 2.63. The normalized spacial score (nSPS) is 10.7. The average molecular weight is 297 g/mol. The summed E-state index contributed by atoms with van der Waals surface area (Å²) in [4.78, 5) is 0. The van der Waals surface area contributed by atoms with E-state index in [1.807, 2.05) is 18.2 Å². The summed E-state index contributed by atoms with van der Waals surface area (Å²) < 4.78 is 6.03. The number of hydrogen-bond acceptors (Lipinski definition) is 2. The first-order valence-corrected chi connectivity index (χ1v) is 8.18. The van der Waals surface area contributed by atoms with Crippen LogP contribution in [0.5, 0.6) is 5.75 Å². The number of ether oxygens (including phenoxy) is 1. The zero-order valence-corrected chi connectivity index (χ0v) is 14.0. The molecule has 0 bridgehead atoms. The van der Waals surface area contributed by atoms with Gasteiger partial charge in [-0.05, 0) is 49.1 Å². The third kappa shape index (κ3) is 4.88. The minimum Gasteiger partial charge on any atom is -0.488 e. The molecule has 0 atom stereocenters. The largest absolute Gasteiger partial charge is 0.488 e. The zero-order valence-electron chi connectivity index (χ0n) is 14.0. The summed E-state index contributed by atoms with van der Waals surface area (Å²) in [5.74, 6) is 1.01. The van der Waals surface area contributed by atoms with Crippen LogP contribution in [0.1, 0.15) is 42.0 Å². The predicted molar refractivity (Wildman–Crippen MR) is 93.3 cm³/mol. The molecule has 0 radical (unpaired) electrons. The lowest BCUT2D eigenvalue weighted by Gasteiger charge is -2.14. The van der Waals surface area contributed by atoms with Crippen LogP contribution in [0.2, 0.25) is 0 Å². The third-order valence-corrected chi connectivity index (χ3v) is 3.78. The summed E-state index contributed by atoms with van der Waals surface area (Å²) in [7, 11) is 0. The van der Waals surface area contributed by atoms with E-state index in [9.17, 15) is 0 Å². The van der Waals surface area contributed by atoms with E-state index < -0.39 is 0 Å². The highest BCUT2D eigenvalue weighted by molar-refractivity contribution is 5.43. The van der Waals surface area contributed by atoms with Crippen LogP contribution in [-0.4, -0.2) is 6.54 Å². The Morgan fingerprint density at radius 1 is 0.955 bits per heavy atom. The summed E-state index contributed by atoms with van der Waals surface area (Å²) in [6.45, 7) is 9.11. The second-order valence-electron chi connectivity index (χ2n) is 5.86. The molecule has 0 saturated carbocycles. The van der Waals surface area contributed by atoms with Crippen molar-refractivity contribution in [2.45, 2.75) is 46.8 Å². The molecule has 2 heteroatoms. The van der Waals surface area contributed by atoms with Crippen LogP contribution in [-0.2, 0) is 13.2 Å². The van der Waals surface area contributed by atoms with E-state index in [1.165, 1.54) is 35.1 Å². The van der Waals surface area contributed by atoms with E-state index in [4.69, 9.17) is 4.74 Å². The lowest BCUT2D eigenvalue weighted by atomic mass is 10.1. The highest BCUT2D eigenvalue weighted by Gasteiger charge is 2.07. The molecule has 118 valence electrons. The van der Waals surface area contributed by atoms with Gasteiger partial charge in [-0.1, -0.05) is 55.8 Å². The van der Waals surface area contributed by atoms with Crippen LogP contribution in [0, 0.1) is 13.8 Å². The van der Waals surface area contributed by atoms with Gasteiger partial charge in [0.1, 0.15) is 12.4 Å². The molecule has 22 heavy (non-hydrogen) atoms. The van der Waals surface area contributed by atoms with E-state index in [1.54, 1.807) is 0 Å². The Morgan fingerprint density at radius 3 is 2.27 bits per heavy atom. The van der Waals surface area contributed by atoms with Gasteiger partial charge in [0.2, 0.25) is 0 Å². The maximum absolute atomic E-state index is 6.03.